The van der Waals surface area contributed by atoms with Gasteiger partial charge in [0.05, 0.1) is 6.61 Å². The fourth-order valence-electron chi connectivity index (χ4n) is 1.79. The highest BCUT2D eigenvalue weighted by atomic mass is 16.3. The molecule has 1 saturated carbocycles. The van der Waals surface area contributed by atoms with Crippen LogP contribution in [-0.4, -0.2) is 22.7 Å². The summed E-state index contributed by atoms with van der Waals surface area (Å²) in [4.78, 5) is 6.32. The Kier molecular flexibility index (Phi) is 3.02. The molecule has 0 aromatic carbocycles. The maximum absolute atomic E-state index is 9.25. The summed E-state index contributed by atoms with van der Waals surface area (Å²) in [6.07, 6.45) is 7.88. The van der Waals surface area contributed by atoms with Crippen molar-refractivity contribution in [2.75, 3.05) is 11.4 Å². The van der Waals surface area contributed by atoms with E-state index < -0.39 is 0 Å². The summed E-state index contributed by atoms with van der Waals surface area (Å²) in [5.41, 5.74) is 1.99. The Bertz CT molecular complexity index is 347. The van der Waals surface area contributed by atoms with Crippen LogP contribution in [0.1, 0.15) is 18.4 Å². The molecule has 0 amide bonds. The second-order valence-electron chi connectivity index (χ2n) is 3.83. The highest BCUT2D eigenvalue weighted by molar-refractivity contribution is 5.54. The molecule has 1 N–H and O–H groups in total. The van der Waals surface area contributed by atoms with E-state index in [0.717, 1.165) is 17.8 Å². The summed E-state index contributed by atoms with van der Waals surface area (Å²) < 4.78 is 0. The number of aliphatic hydroxyl groups excluding tert-OH is 1. The van der Waals surface area contributed by atoms with E-state index in [4.69, 9.17) is 0 Å². The zero-order chi connectivity index (χ0) is 10.7. The Morgan fingerprint density at radius 3 is 3.00 bits per heavy atom. The van der Waals surface area contributed by atoms with Crippen molar-refractivity contribution in [1.29, 1.82) is 0 Å². The summed E-state index contributed by atoms with van der Waals surface area (Å²) in [7, 11) is 0. The van der Waals surface area contributed by atoms with Gasteiger partial charge in [0.1, 0.15) is 0 Å². The van der Waals surface area contributed by atoms with Gasteiger partial charge in [0.15, 0.2) is 0 Å². The summed E-state index contributed by atoms with van der Waals surface area (Å²) in [6, 6.07) is 2.59. The molecule has 0 aliphatic heterocycles. The first-order chi connectivity index (χ1) is 7.36. The van der Waals surface area contributed by atoms with E-state index in [-0.39, 0.29) is 6.61 Å². The van der Waals surface area contributed by atoms with Crippen LogP contribution in [0.25, 0.3) is 0 Å². The molecule has 3 heteroatoms. The van der Waals surface area contributed by atoms with Crippen molar-refractivity contribution in [2.24, 2.45) is 0 Å². The molecule has 0 bridgehead atoms. The van der Waals surface area contributed by atoms with E-state index in [1.54, 1.807) is 12.4 Å². The van der Waals surface area contributed by atoms with Crippen LogP contribution in [0.5, 0.6) is 0 Å². The highest BCUT2D eigenvalue weighted by Crippen LogP contribution is 2.33. The van der Waals surface area contributed by atoms with Crippen molar-refractivity contribution in [3.05, 3.63) is 36.7 Å². The van der Waals surface area contributed by atoms with Crippen LogP contribution in [0.3, 0.4) is 0 Å². The quantitative estimate of drug-likeness (QED) is 0.742. The number of aliphatic hydroxyl groups is 1. The van der Waals surface area contributed by atoms with Crippen molar-refractivity contribution >= 4 is 5.69 Å². The van der Waals surface area contributed by atoms with Crippen LogP contribution in [0.4, 0.5) is 5.69 Å². The lowest BCUT2D eigenvalue weighted by Crippen LogP contribution is -2.26. The average molecular weight is 204 g/mol. The Morgan fingerprint density at radius 1 is 1.60 bits per heavy atom. The lowest BCUT2D eigenvalue weighted by molar-refractivity contribution is 0.281. The van der Waals surface area contributed by atoms with Crippen LogP contribution in [0.2, 0.25) is 0 Å². The number of hydrogen-bond donors (Lipinski definition) is 1. The highest BCUT2D eigenvalue weighted by Gasteiger charge is 2.29. The zero-order valence-electron chi connectivity index (χ0n) is 8.76. The Labute approximate surface area is 90.1 Å². The Hall–Kier alpha value is -1.35. The van der Waals surface area contributed by atoms with Crippen LogP contribution in [-0.2, 0) is 6.61 Å². The molecule has 0 spiro atoms. The predicted molar refractivity (Wildman–Crippen MR) is 60.7 cm³/mol. The number of hydrogen-bond acceptors (Lipinski definition) is 3. The van der Waals surface area contributed by atoms with Gasteiger partial charge in [0, 0.05) is 36.2 Å². The van der Waals surface area contributed by atoms with Gasteiger partial charge in [-0.05, 0) is 18.9 Å². The van der Waals surface area contributed by atoms with E-state index >= 15 is 0 Å². The predicted octanol–water partition coefficient (Wildman–Crippen LogP) is 1.73. The van der Waals surface area contributed by atoms with Crippen molar-refractivity contribution < 1.29 is 5.11 Å². The minimum absolute atomic E-state index is 0.0452. The monoisotopic (exact) mass is 204 g/mol. The van der Waals surface area contributed by atoms with Crippen molar-refractivity contribution in [3.8, 4) is 0 Å². The van der Waals surface area contributed by atoms with Crippen LogP contribution in [0.15, 0.2) is 31.1 Å². The first-order valence-electron chi connectivity index (χ1n) is 5.28. The van der Waals surface area contributed by atoms with Gasteiger partial charge >= 0.3 is 0 Å². The minimum atomic E-state index is 0.0452. The van der Waals surface area contributed by atoms with Gasteiger partial charge in [0.25, 0.3) is 0 Å². The van der Waals surface area contributed by atoms with Gasteiger partial charge in [-0.15, -0.1) is 6.58 Å². The standard InChI is InChI=1S/C12H16N2O/c1-2-7-14(11-3-4-11)12-5-6-13-8-10(12)9-15/h2,5-6,8,11,15H,1,3-4,7,9H2. The van der Waals surface area contributed by atoms with Crippen molar-refractivity contribution in [2.45, 2.75) is 25.5 Å². The molecule has 1 aromatic rings. The smallest absolute Gasteiger partial charge is 0.0717 e. The summed E-state index contributed by atoms with van der Waals surface area (Å²) in [5, 5.41) is 9.25. The normalized spacial score (nSPS) is 15.0. The van der Waals surface area contributed by atoms with Crippen LogP contribution >= 0.6 is 0 Å². The van der Waals surface area contributed by atoms with Gasteiger partial charge in [-0.2, -0.15) is 0 Å². The summed E-state index contributed by atoms with van der Waals surface area (Å²) >= 11 is 0. The second kappa shape index (κ2) is 4.45. The van der Waals surface area contributed by atoms with E-state index in [9.17, 15) is 5.11 Å². The molecule has 1 heterocycles. The summed E-state index contributed by atoms with van der Waals surface area (Å²) in [6.45, 7) is 4.65. The fourth-order valence-corrected chi connectivity index (χ4v) is 1.79. The molecule has 3 nitrogen and oxygen atoms in total. The molecule has 1 aliphatic carbocycles. The van der Waals surface area contributed by atoms with E-state index in [2.05, 4.69) is 16.5 Å². The average Bonchev–Trinajstić information content (AvgIpc) is 3.10. The topological polar surface area (TPSA) is 36.4 Å². The molecule has 0 radical (unpaired) electrons. The maximum Gasteiger partial charge on any atom is 0.0717 e. The molecular formula is C12H16N2O. The Balaban J connectivity index is 2.27. The first-order valence-corrected chi connectivity index (χ1v) is 5.28. The molecular weight excluding hydrogens is 188 g/mol. The number of pyridine rings is 1. The van der Waals surface area contributed by atoms with E-state index in [1.807, 2.05) is 12.1 Å². The van der Waals surface area contributed by atoms with Crippen molar-refractivity contribution in [1.82, 2.24) is 4.98 Å². The number of nitrogens with zero attached hydrogens (tertiary/aromatic N) is 2. The molecule has 15 heavy (non-hydrogen) atoms. The number of rotatable bonds is 5. The van der Waals surface area contributed by atoms with Gasteiger partial charge < -0.3 is 10.0 Å². The second-order valence-corrected chi connectivity index (χ2v) is 3.83. The molecule has 80 valence electrons. The third kappa shape index (κ3) is 2.18. The van der Waals surface area contributed by atoms with Gasteiger partial charge in [-0.1, -0.05) is 6.08 Å². The molecule has 1 fully saturated rings. The molecule has 1 aromatic heterocycles. The maximum atomic E-state index is 9.25. The van der Waals surface area contributed by atoms with Crippen molar-refractivity contribution in [3.63, 3.8) is 0 Å². The fraction of sp³-hybridized carbons (Fsp3) is 0.417. The largest absolute Gasteiger partial charge is 0.392 e. The molecule has 0 saturated heterocycles. The summed E-state index contributed by atoms with van der Waals surface area (Å²) in [5.74, 6) is 0. The lowest BCUT2D eigenvalue weighted by Gasteiger charge is -2.24. The Morgan fingerprint density at radius 2 is 2.40 bits per heavy atom. The first kappa shape index (κ1) is 10.2. The minimum Gasteiger partial charge on any atom is -0.392 e. The van der Waals surface area contributed by atoms with Gasteiger partial charge in [-0.25, -0.2) is 0 Å². The molecule has 0 atom stereocenters. The molecule has 0 unspecified atom stereocenters. The van der Waals surface area contributed by atoms with E-state index in [0.29, 0.717) is 6.04 Å². The third-order valence-corrected chi connectivity index (χ3v) is 2.67. The van der Waals surface area contributed by atoms with Crippen LogP contribution < -0.4 is 4.90 Å². The molecule has 1 aliphatic rings. The SMILES string of the molecule is C=CCN(c1ccncc1CO)C1CC1. The lowest BCUT2D eigenvalue weighted by atomic mass is 10.2. The third-order valence-electron chi connectivity index (χ3n) is 2.67. The van der Waals surface area contributed by atoms with Gasteiger partial charge in [-0.3, -0.25) is 4.98 Å². The zero-order valence-corrected chi connectivity index (χ0v) is 8.76. The van der Waals surface area contributed by atoms with Crippen LogP contribution in [0, 0.1) is 0 Å². The van der Waals surface area contributed by atoms with Gasteiger partial charge in [0.2, 0.25) is 0 Å². The van der Waals surface area contributed by atoms with E-state index in [1.165, 1.54) is 12.8 Å². The number of anilines is 1. The molecule has 2 rings (SSSR count). The number of aromatic nitrogens is 1.